The molecule has 0 saturated carbocycles. The first-order chi connectivity index (χ1) is 20.0. The zero-order valence-corrected chi connectivity index (χ0v) is 24.2. The molecule has 9 nitrogen and oxygen atoms in total. The molecule has 2 aromatic heterocycles. The highest BCUT2D eigenvalue weighted by molar-refractivity contribution is 7.10. The van der Waals surface area contributed by atoms with Gasteiger partial charge in [-0.1, -0.05) is 29.5 Å². The van der Waals surface area contributed by atoms with Crippen LogP contribution in [0.15, 0.2) is 75.0 Å². The number of nitrogens with zero attached hydrogens (tertiary/aromatic N) is 2. The third-order valence-corrected chi connectivity index (χ3v) is 8.55. The smallest absolute Gasteiger partial charge is 0.338 e. The fourth-order valence-corrected chi connectivity index (χ4v) is 6.61. The van der Waals surface area contributed by atoms with E-state index in [1.54, 1.807) is 31.6 Å². The quantitative estimate of drug-likeness (QED) is 0.284. The monoisotopic (exact) mass is 590 g/mol. The van der Waals surface area contributed by atoms with Crippen molar-refractivity contribution in [1.29, 1.82) is 0 Å². The maximum atomic E-state index is 13.8. The number of carbonyl (C=O) groups is 1. The first-order valence-electron chi connectivity index (χ1n) is 12.9. The number of hydrogen-bond acceptors (Lipinski definition) is 10. The van der Waals surface area contributed by atoms with Crippen molar-refractivity contribution in [2.24, 2.45) is 4.99 Å². The number of esters is 1. The molecule has 0 unspecified atom stereocenters. The van der Waals surface area contributed by atoms with Gasteiger partial charge >= 0.3 is 5.97 Å². The molecule has 11 heteroatoms. The highest BCUT2D eigenvalue weighted by Gasteiger charge is 2.33. The number of allylic oxidation sites excluding steroid dienone is 1. The molecule has 2 aliphatic rings. The Morgan fingerprint density at radius 1 is 1.15 bits per heavy atom. The largest absolute Gasteiger partial charge is 0.493 e. The van der Waals surface area contributed by atoms with Crippen molar-refractivity contribution in [3.63, 3.8) is 0 Å². The summed E-state index contributed by atoms with van der Waals surface area (Å²) in [6, 6.07) is 14.4. The van der Waals surface area contributed by atoms with Crippen molar-refractivity contribution in [3.8, 4) is 23.0 Å². The normalized spacial score (nSPS) is 15.9. The molecular weight excluding hydrogens is 564 g/mol. The van der Waals surface area contributed by atoms with Gasteiger partial charge in [-0.05, 0) is 66.8 Å². The molecule has 6 rings (SSSR count). The van der Waals surface area contributed by atoms with Crippen LogP contribution in [0, 0.1) is 0 Å². The Balaban J connectivity index is 1.32. The molecule has 0 N–H and O–H groups in total. The number of ether oxygens (including phenoxy) is 5. The Hall–Kier alpha value is -4.35. The number of fused-ring (bicyclic) bond motifs is 2. The zero-order valence-electron chi connectivity index (χ0n) is 22.5. The molecule has 2 aromatic carbocycles. The van der Waals surface area contributed by atoms with Gasteiger partial charge < -0.3 is 23.7 Å². The van der Waals surface area contributed by atoms with Crippen molar-refractivity contribution in [1.82, 2.24) is 4.57 Å². The zero-order chi connectivity index (χ0) is 28.5. The second-order valence-corrected chi connectivity index (χ2v) is 11.2. The summed E-state index contributed by atoms with van der Waals surface area (Å²) in [5, 5.41) is 1.92. The lowest BCUT2D eigenvalue weighted by Crippen LogP contribution is -2.39. The molecule has 4 aromatic rings. The van der Waals surface area contributed by atoms with E-state index in [0.29, 0.717) is 44.5 Å². The van der Waals surface area contributed by atoms with Crippen molar-refractivity contribution in [3.05, 3.63) is 101 Å². The molecule has 0 spiro atoms. The van der Waals surface area contributed by atoms with Crippen LogP contribution in [0.3, 0.4) is 0 Å². The van der Waals surface area contributed by atoms with Gasteiger partial charge in [-0.25, -0.2) is 9.79 Å². The molecule has 2 aliphatic heterocycles. The molecule has 210 valence electrons. The number of rotatable bonds is 8. The van der Waals surface area contributed by atoms with E-state index < -0.39 is 12.0 Å². The highest BCUT2D eigenvalue weighted by atomic mass is 32.1. The van der Waals surface area contributed by atoms with Crippen LogP contribution in [0.5, 0.6) is 23.0 Å². The minimum absolute atomic E-state index is 0.216. The van der Waals surface area contributed by atoms with Gasteiger partial charge in [0.2, 0.25) is 6.79 Å². The Bertz CT molecular complexity index is 1840. The summed E-state index contributed by atoms with van der Waals surface area (Å²) >= 11 is 2.75. The Labute approximate surface area is 243 Å². The minimum Gasteiger partial charge on any atom is -0.493 e. The second kappa shape index (κ2) is 11.3. The lowest BCUT2D eigenvalue weighted by molar-refractivity contribution is -0.139. The predicted octanol–water partition coefficient (Wildman–Crippen LogP) is 4.18. The maximum absolute atomic E-state index is 13.8. The standard InChI is InChI=1S/C30H26N2O7S2/c1-4-36-29(34)26-17(2)31-30-32(27(26)24-6-5-11-40-24)28(33)25(41-30)14-18-7-9-20(22(12-18)35-3)37-15-19-8-10-21-23(13-19)39-16-38-21/h5-14,27H,4,15-16H2,1-3H3/t27-/m0/s1. The molecular formula is C30H26N2O7S2. The number of hydrogen-bond donors (Lipinski definition) is 0. The molecule has 0 radical (unpaired) electrons. The summed E-state index contributed by atoms with van der Waals surface area (Å²) in [6.45, 7) is 4.29. The van der Waals surface area contributed by atoms with Crippen LogP contribution >= 0.6 is 22.7 Å². The van der Waals surface area contributed by atoms with E-state index in [1.807, 2.05) is 53.9 Å². The fourth-order valence-electron chi connectivity index (χ4n) is 4.74. The van der Waals surface area contributed by atoms with Gasteiger partial charge in [-0.2, -0.15) is 0 Å². The van der Waals surface area contributed by atoms with Gasteiger partial charge in [-0.15, -0.1) is 11.3 Å². The summed E-state index contributed by atoms with van der Waals surface area (Å²) < 4.78 is 29.8. The lowest BCUT2D eigenvalue weighted by atomic mass is 10.0. The van der Waals surface area contributed by atoms with Crippen LogP contribution in [0.1, 0.15) is 35.9 Å². The fraction of sp³-hybridized carbons (Fsp3) is 0.233. The van der Waals surface area contributed by atoms with Gasteiger partial charge in [0.05, 0.1) is 29.5 Å². The van der Waals surface area contributed by atoms with E-state index in [1.165, 1.54) is 22.7 Å². The van der Waals surface area contributed by atoms with Crippen LogP contribution in [-0.2, 0) is 16.1 Å². The van der Waals surface area contributed by atoms with Crippen LogP contribution in [-0.4, -0.2) is 31.0 Å². The van der Waals surface area contributed by atoms with Gasteiger partial charge in [0.15, 0.2) is 27.8 Å². The van der Waals surface area contributed by atoms with Crippen molar-refractivity contribution < 1.29 is 28.5 Å². The van der Waals surface area contributed by atoms with Crippen LogP contribution in [0.2, 0.25) is 0 Å². The average Bonchev–Trinajstić information content (AvgIpc) is 3.73. The maximum Gasteiger partial charge on any atom is 0.338 e. The van der Waals surface area contributed by atoms with E-state index >= 15 is 0 Å². The van der Waals surface area contributed by atoms with E-state index in [2.05, 4.69) is 4.99 Å². The summed E-state index contributed by atoms with van der Waals surface area (Å²) in [5.41, 5.74) is 2.37. The first kappa shape index (κ1) is 26.9. The predicted molar refractivity (Wildman–Crippen MR) is 155 cm³/mol. The molecule has 1 atom stereocenters. The van der Waals surface area contributed by atoms with Crippen molar-refractivity contribution >= 4 is 34.7 Å². The Morgan fingerprint density at radius 2 is 2.00 bits per heavy atom. The van der Waals surface area contributed by atoms with Crippen LogP contribution in [0.4, 0.5) is 0 Å². The number of thiazole rings is 1. The lowest BCUT2D eigenvalue weighted by Gasteiger charge is -2.23. The minimum atomic E-state index is -0.603. The number of benzene rings is 2. The second-order valence-electron chi connectivity index (χ2n) is 9.20. The van der Waals surface area contributed by atoms with Gasteiger partial charge in [0, 0.05) is 4.88 Å². The summed E-state index contributed by atoms with van der Waals surface area (Å²) in [5.74, 6) is 2.04. The molecule has 0 saturated heterocycles. The topological polar surface area (TPSA) is 97.6 Å². The van der Waals surface area contributed by atoms with E-state index in [4.69, 9.17) is 23.7 Å². The SMILES string of the molecule is CCOC(=O)C1=C(C)N=c2sc(=Cc3ccc(OCc4ccc5c(c4)OCO5)c(OC)c3)c(=O)n2[C@H]1c1cccs1. The third-order valence-electron chi connectivity index (χ3n) is 6.65. The van der Waals surface area contributed by atoms with E-state index in [0.717, 1.165) is 21.8 Å². The number of thiophene rings is 1. The first-order valence-corrected chi connectivity index (χ1v) is 14.6. The third kappa shape index (κ3) is 5.14. The molecule has 4 heterocycles. The Kier molecular flexibility index (Phi) is 7.38. The summed E-state index contributed by atoms with van der Waals surface area (Å²) in [4.78, 5) is 32.7. The van der Waals surface area contributed by atoms with Crippen LogP contribution < -0.4 is 33.8 Å². The molecule has 0 fully saturated rings. The van der Waals surface area contributed by atoms with Gasteiger partial charge in [0.1, 0.15) is 12.6 Å². The van der Waals surface area contributed by atoms with E-state index in [9.17, 15) is 9.59 Å². The Morgan fingerprint density at radius 3 is 2.78 bits per heavy atom. The number of aromatic nitrogens is 1. The summed E-state index contributed by atoms with van der Waals surface area (Å²) in [7, 11) is 1.57. The van der Waals surface area contributed by atoms with Crippen molar-refractivity contribution in [2.75, 3.05) is 20.5 Å². The van der Waals surface area contributed by atoms with Gasteiger partial charge in [0.25, 0.3) is 5.56 Å². The highest BCUT2D eigenvalue weighted by Crippen LogP contribution is 2.35. The molecule has 41 heavy (non-hydrogen) atoms. The number of carbonyl (C=O) groups excluding carboxylic acids is 1. The molecule has 0 aliphatic carbocycles. The molecule has 0 bridgehead atoms. The number of methoxy groups -OCH3 is 1. The van der Waals surface area contributed by atoms with E-state index in [-0.39, 0.29) is 19.0 Å². The van der Waals surface area contributed by atoms with Crippen molar-refractivity contribution in [2.45, 2.75) is 26.5 Å². The molecule has 0 amide bonds. The summed E-state index contributed by atoms with van der Waals surface area (Å²) in [6.07, 6.45) is 1.79. The van der Waals surface area contributed by atoms with Crippen LogP contribution in [0.25, 0.3) is 6.08 Å². The van der Waals surface area contributed by atoms with Gasteiger partial charge in [-0.3, -0.25) is 9.36 Å². The average molecular weight is 591 g/mol.